The molecule has 1 fully saturated rings. The van der Waals surface area contributed by atoms with Crippen molar-refractivity contribution in [3.63, 3.8) is 0 Å². The maximum Gasteiger partial charge on any atom is 0.410 e. The number of nitrogens with one attached hydrogen (secondary N) is 1. The second-order valence-electron chi connectivity index (χ2n) is 8.43. The molecule has 2 heterocycles. The Morgan fingerprint density at radius 1 is 1.29 bits per heavy atom. The standard InChI is InChI=1S/C20H27FN2O5/c1-19(2,3)28-18(25)23-10-8-20(26,9-11-23)12-27-15-6-5-14(21)17-13(15)4-7-16(24)22-17/h5-6,26H,4,7-12H2,1-3H3,(H,22,24). The summed E-state index contributed by atoms with van der Waals surface area (Å²) in [7, 11) is 0. The third-order valence-electron chi connectivity index (χ3n) is 4.93. The van der Waals surface area contributed by atoms with Gasteiger partial charge in [0.05, 0.1) is 5.69 Å². The summed E-state index contributed by atoms with van der Waals surface area (Å²) in [5, 5.41) is 13.4. The lowest BCUT2D eigenvalue weighted by atomic mass is 9.92. The number of ether oxygens (including phenoxy) is 2. The fourth-order valence-electron chi connectivity index (χ4n) is 3.35. The van der Waals surface area contributed by atoms with Crippen molar-refractivity contribution >= 4 is 17.7 Å². The quantitative estimate of drug-likeness (QED) is 0.823. The van der Waals surface area contributed by atoms with Crippen molar-refractivity contribution in [2.24, 2.45) is 0 Å². The Hall–Kier alpha value is -2.35. The van der Waals surface area contributed by atoms with E-state index < -0.39 is 17.0 Å². The van der Waals surface area contributed by atoms with Gasteiger partial charge in [-0.15, -0.1) is 0 Å². The first kappa shape index (κ1) is 20.4. The van der Waals surface area contributed by atoms with Crippen LogP contribution >= 0.6 is 0 Å². The van der Waals surface area contributed by atoms with Gasteiger partial charge in [-0.25, -0.2) is 9.18 Å². The van der Waals surface area contributed by atoms with Gasteiger partial charge in [-0.3, -0.25) is 4.79 Å². The molecule has 1 aromatic rings. The average molecular weight is 394 g/mol. The van der Waals surface area contributed by atoms with Gasteiger partial charge in [0.1, 0.15) is 29.4 Å². The van der Waals surface area contributed by atoms with Gasteiger partial charge in [-0.1, -0.05) is 0 Å². The van der Waals surface area contributed by atoms with Gasteiger partial charge in [0.2, 0.25) is 5.91 Å². The summed E-state index contributed by atoms with van der Waals surface area (Å²) >= 11 is 0. The summed E-state index contributed by atoms with van der Waals surface area (Å²) in [6, 6.07) is 2.76. The number of aliphatic hydroxyl groups is 1. The molecule has 7 nitrogen and oxygen atoms in total. The molecule has 3 rings (SSSR count). The summed E-state index contributed by atoms with van der Waals surface area (Å²) in [4.78, 5) is 25.2. The van der Waals surface area contributed by atoms with Gasteiger partial charge < -0.3 is 24.8 Å². The Morgan fingerprint density at radius 2 is 1.96 bits per heavy atom. The van der Waals surface area contributed by atoms with Gasteiger partial charge in [-0.05, 0) is 52.2 Å². The van der Waals surface area contributed by atoms with Crippen molar-refractivity contribution in [2.75, 3.05) is 25.0 Å². The fourth-order valence-corrected chi connectivity index (χ4v) is 3.35. The molecule has 0 aliphatic carbocycles. The van der Waals surface area contributed by atoms with Crippen molar-refractivity contribution in [3.8, 4) is 5.75 Å². The molecule has 0 saturated carbocycles. The summed E-state index contributed by atoms with van der Waals surface area (Å²) in [6.07, 6.45) is 0.971. The van der Waals surface area contributed by atoms with Crippen molar-refractivity contribution < 1.29 is 28.6 Å². The topological polar surface area (TPSA) is 88.1 Å². The zero-order chi connectivity index (χ0) is 20.5. The predicted molar refractivity (Wildman–Crippen MR) is 101 cm³/mol. The number of rotatable bonds is 3. The first-order valence-electron chi connectivity index (χ1n) is 9.51. The van der Waals surface area contributed by atoms with Gasteiger partial charge in [0, 0.05) is 25.1 Å². The number of piperidine rings is 1. The van der Waals surface area contributed by atoms with E-state index in [2.05, 4.69) is 5.32 Å². The Kier molecular flexibility index (Phi) is 5.52. The van der Waals surface area contributed by atoms with E-state index in [4.69, 9.17) is 9.47 Å². The van der Waals surface area contributed by atoms with Crippen molar-refractivity contribution in [3.05, 3.63) is 23.5 Å². The van der Waals surface area contributed by atoms with Gasteiger partial charge in [0.25, 0.3) is 0 Å². The van der Waals surface area contributed by atoms with Crippen LogP contribution in [0, 0.1) is 5.82 Å². The number of likely N-dealkylation sites (tertiary alicyclic amines) is 1. The molecule has 154 valence electrons. The highest BCUT2D eigenvalue weighted by Crippen LogP contribution is 2.34. The van der Waals surface area contributed by atoms with Crippen LogP contribution in [0.5, 0.6) is 5.75 Å². The minimum absolute atomic E-state index is 0.0289. The van der Waals surface area contributed by atoms with E-state index in [1.807, 2.05) is 20.8 Å². The number of carbonyl (C=O) groups is 2. The number of hydrogen-bond acceptors (Lipinski definition) is 5. The van der Waals surface area contributed by atoms with E-state index in [0.29, 0.717) is 43.7 Å². The lowest BCUT2D eigenvalue weighted by Gasteiger charge is -2.38. The van der Waals surface area contributed by atoms with Crippen LogP contribution in [0.4, 0.5) is 14.9 Å². The number of benzene rings is 1. The minimum Gasteiger partial charge on any atom is -0.490 e. The average Bonchev–Trinajstić information content (AvgIpc) is 2.60. The summed E-state index contributed by atoms with van der Waals surface area (Å²) in [5.41, 5.74) is -0.891. The van der Waals surface area contributed by atoms with Crippen LogP contribution in [-0.2, 0) is 16.0 Å². The molecule has 1 aromatic carbocycles. The number of amides is 2. The van der Waals surface area contributed by atoms with Crippen molar-refractivity contribution in [1.29, 1.82) is 0 Å². The number of halogens is 1. The van der Waals surface area contributed by atoms with Gasteiger partial charge in [0.15, 0.2) is 0 Å². The number of hydrogen-bond donors (Lipinski definition) is 2. The number of carbonyl (C=O) groups excluding carboxylic acids is 2. The second kappa shape index (κ2) is 7.58. The summed E-state index contributed by atoms with van der Waals surface area (Å²) in [5.74, 6) is -0.268. The third kappa shape index (κ3) is 4.73. The van der Waals surface area contributed by atoms with Crippen LogP contribution in [0.2, 0.25) is 0 Å². The summed E-state index contributed by atoms with van der Waals surface area (Å²) in [6.45, 7) is 6.19. The molecular weight excluding hydrogens is 367 g/mol. The van der Waals surface area contributed by atoms with Crippen LogP contribution < -0.4 is 10.1 Å². The number of nitrogens with zero attached hydrogens (tertiary/aromatic N) is 1. The van der Waals surface area contributed by atoms with Gasteiger partial charge in [-0.2, -0.15) is 0 Å². The zero-order valence-electron chi connectivity index (χ0n) is 16.5. The van der Waals surface area contributed by atoms with E-state index >= 15 is 0 Å². The minimum atomic E-state index is -1.09. The predicted octanol–water partition coefficient (Wildman–Crippen LogP) is 2.85. The maximum atomic E-state index is 14.0. The molecule has 0 spiro atoms. The molecule has 1 saturated heterocycles. The van der Waals surface area contributed by atoms with E-state index in [9.17, 15) is 19.1 Å². The molecule has 2 aliphatic rings. The van der Waals surface area contributed by atoms with Crippen LogP contribution in [-0.4, -0.2) is 52.9 Å². The Morgan fingerprint density at radius 3 is 2.61 bits per heavy atom. The van der Waals surface area contributed by atoms with Crippen molar-refractivity contribution in [1.82, 2.24) is 4.90 Å². The van der Waals surface area contributed by atoms with Crippen LogP contribution in [0.15, 0.2) is 12.1 Å². The summed E-state index contributed by atoms with van der Waals surface area (Å²) < 4.78 is 25.1. The molecule has 2 N–H and O–H groups in total. The molecule has 0 unspecified atom stereocenters. The molecule has 0 radical (unpaired) electrons. The smallest absolute Gasteiger partial charge is 0.410 e. The molecule has 8 heteroatoms. The zero-order valence-corrected chi connectivity index (χ0v) is 16.5. The van der Waals surface area contributed by atoms with Crippen LogP contribution in [0.1, 0.15) is 45.6 Å². The van der Waals surface area contributed by atoms with Crippen molar-refractivity contribution in [2.45, 2.75) is 57.7 Å². The Labute approximate surface area is 163 Å². The lowest BCUT2D eigenvalue weighted by Crippen LogP contribution is -2.50. The maximum absolute atomic E-state index is 14.0. The molecule has 2 aliphatic heterocycles. The first-order chi connectivity index (χ1) is 13.1. The van der Waals surface area contributed by atoms with E-state index in [1.165, 1.54) is 12.1 Å². The molecule has 2 amide bonds. The molecule has 0 aromatic heterocycles. The largest absolute Gasteiger partial charge is 0.490 e. The highest BCUT2D eigenvalue weighted by molar-refractivity contribution is 5.94. The molecular formula is C20H27FN2O5. The number of fused-ring (bicyclic) bond motifs is 1. The monoisotopic (exact) mass is 394 g/mol. The Balaban J connectivity index is 1.60. The SMILES string of the molecule is CC(C)(C)OC(=O)N1CCC(O)(COc2ccc(F)c3c2CCC(=O)N3)CC1. The highest BCUT2D eigenvalue weighted by Gasteiger charge is 2.36. The normalized spacial score (nSPS) is 18.9. The van der Waals surface area contributed by atoms with E-state index in [1.54, 1.807) is 4.90 Å². The lowest BCUT2D eigenvalue weighted by molar-refractivity contribution is -0.116. The van der Waals surface area contributed by atoms with Gasteiger partial charge >= 0.3 is 6.09 Å². The van der Waals surface area contributed by atoms with E-state index in [-0.39, 0.29) is 30.7 Å². The van der Waals surface area contributed by atoms with Crippen LogP contribution in [0.3, 0.4) is 0 Å². The number of anilines is 1. The highest BCUT2D eigenvalue weighted by atomic mass is 19.1. The fraction of sp³-hybridized carbons (Fsp3) is 0.600. The van der Waals surface area contributed by atoms with Crippen LogP contribution in [0.25, 0.3) is 0 Å². The van der Waals surface area contributed by atoms with E-state index in [0.717, 1.165) is 0 Å². The molecule has 0 atom stereocenters. The third-order valence-corrected chi connectivity index (χ3v) is 4.93. The second-order valence-corrected chi connectivity index (χ2v) is 8.43. The Bertz CT molecular complexity index is 767. The molecule has 28 heavy (non-hydrogen) atoms. The first-order valence-corrected chi connectivity index (χ1v) is 9.51. The molecule has 0 bridgehead atoms.